The van der Waals surface area contributed by atoms with Crippen LogP contribution in [-0.4, -0.2) is 52.9 Å². The van der Waals surface area contributed by atoms with E-state index in [-0.39, 0.29) is 23.8 Å². The normalized spacial score (nSPS) is 26.5. The average Bonchev–Trinajstić information content (AvgIpc) is 3.14. The summed E-state index contributed by atoms with van der Waals surface area (Å²) in [5.74, 6) is 0.396. The highest BCUT2D eigenvalue weighted by Gasteiger charge is 2.37. The molecule has 2 aliphatic rings. The number of carbonyl (C=O) groups is 2. The number of rotatable bonds is 4. The minimum atomic E-state index is -0.703. The molecule has 132 valence electrons. The van der Waals surface area contributed by atoms with Crippen molar-refractivity contribution in [3.8, 4) is 0 Å². The second-order valence-electron chi connectivity index (χ2n) is 6.98. The molecule has 1 aromatic rings. The van der Waals surface area contributed by atoms with Crippen molar-refractivity contribution in [2.75, 3.05) is 20.1 Å². The highest BCUT2D eigenvalue weighted by atomic mass is 16.4. The molecular weight excluding hydrogens is 308 g/mol. The fraction of sp³-hybridized carbons (Fsp3) is 0.667. The summed E-state index contributed by atoms with van der Waals surface area (Å²) < 4.78 is 5.29. The van der Waals surface area contributed by atoms with Crippen LogP contribution in [0, 0.1) is 5.92 Å². The Morgan fingerprint density at radius 3 is 2.92 bits per heavy atom. The number of amides is 2. The molecule has 3 heterocycles. The Kier molecular flexibility index (Phi) is 5.23. The number of furan rings is 1. The van der Waals surface area contributed by atoms with Gasteiger partial charge in [-0.1, -0.05) is 12.8 Å². The van der Waals surface area contributed by atoms with Crippen molar-refractivity contribution in [2.45, 2.75) is 50.7 Å². The zero-order valence-corrected chi connectivity index (χ0v) is 14.2. The van der Waals surface area contributed by atoms with Crippen LogP contribution < -0.4 is 0 Å². The lowest BCUT2D eigenvalue weighted by atomic mass is 9.99. The lowest BCUT2D eigenvalue weighted by molar-refractivity contribution is -0.138. The second kappa shape index (κ2) is 7.38. The zero-order chi connectivity index (χ0) is 17.1. The maximum absolute atomic E-state index is 13.0. The molecule has 6 heteroatoms. The van der Waals surface area contributed by atoms with Crippen molar-refractivity contribution >= 4 is 11.8 Å². The first-order valence-corrected chi connectivity index (χ1v) is 8.82. The van der Waals surface area contributed by atoms with Gasteiger partial charge >= 0.3 is 0 Å². The Balaban J connectivity index is 1.70. The van der Waals surface area contributed by atoms with Gasteiger partial charge in [-0.25, -0.2) is 0 Å². The monoisotopic (exact) mass is 334 g/mol. The molecular formula is C18H26N2O4. The quantitative estimate of drug-likeness (QED) is 0.913. The highest BCUT2D eigenvalue weighted by molar-refractivity contribution is 5.89. The number of aliphatic hydroxyl groups is 1. The van der Waals surface area contributed by atoms with E-state index in [9.17, 15) is 14.7 Å². The van der Waals surface area contributed by atoms with E-state index in [4.69, 9.17) is 4.42 Å². The van der Waals surface area contributed by atoms with Gasteiger partial charge in [0.15, 0.2) is 0 Å². The Labute approximate surface area is 142 Å². The first kappa shape index (κ1) is 17.0. The van der Waals surface area contributed by atoms with Gasteiger partial charge in [0, 0.05) is 39.0 Å². The van der Waals surface area contributed by atoms with Gasteiger partial charge in [0.05, 0.1) is 12.2 Å². The molecule has 3 atom stereocenters. The molecule has 0 bridgehead atoms. The van der Waals surface area contributed by atoms with Gasteiger partial charge in [-0.15, -0.1) is 0 Å². The summed E-state index contributed by atoms with van der Waals surface area (Å²) >= 11 is 0. The molecule has 2 aliphatic heterocycles. The van der Waals surface area contributed by atoms with Crippen LogP contribution in [0.5, 0.6) is 0 Å². The lowest BCUT2D eigenvalue weighted by Crippen LogP contribution is -2.44. The number of carbonyl (C=O) groups excluding carboxylic acids is 2. The molecule has 3 rings (SSSR count). The van der Waals surface area contributed by atoms with E-state index < -0.39 is 6.10 Å². The molecule has 6 nitrogen and oxygen atoms in total. The van der Waals surface area contributed by atoms with Crippen molar-refractivity contribution in [3.05, 3.63) is 24.2 Å². The minimum absolute atomic E-state index is 0.00103. The van der Waals surface area contributed by atoms with Gasteiger partial charge in [0.25, 0.3) is 0 Å². The van der Waals surface area contributed by atoms with E-state index in [1.807, 2.05) is 4.90 Å². The fourth-order valence-electron chi connectivity index (χ4n) is 3.83. The molecule has 24 heavy (non-hydrogen) atoms. The Bertz CT molecular complexity index is 572. The molecule has 0 aromatic carbocycles. The first-order valence-electron chi connectivity index (χ1n) is 8.82. The van der Waals surface area contributed by atoms with Crippen molar-refractivity contribution in [3.63, 3.8) is 0 Å². The molecule has 0 radical (unpaired) electrons. The summed E-state index contributed by atoms with van der Waals surface area (Å²) in [7, 11) is 1.75. The molecule has 1 N–H and O–H groups in total. The largest absolute Gasteiger partial charge is 0.467 e. The first-order chi connectivity index (χ1) is 11.6. The van der Waals surface area contributed by atoms with Crippen molar-refractivity contribution in [2.24, 2.45) is 5.92 Å². The van der Waals surface area contributed by atoms with Crippen LogP contribution in [-0.2, 0) is 9.59 Å². The van der Waals surface area contributed by atoms with Gasteiger partial charge in [-0.3, -0.25) is 9.59 Å². The summed E-state index contributed by atoms with van der Waals surface area (Å²) in [6, 6.07) is 3.52. The molecule has 0 aliphatic carbocycles. The van der Waals surface area contributed by atoms with Crippen LogP contribution in [0.4, 0.5) is 0 Å². The van der Waals surface area contributed by atoms with Crippen molar-refractivity contribution < 1.29 is 19.1 Å². The van der Waals surface area contributed by atoms with E-state index in [0.29, 0.717) is 31.7 Å². The van der Waals surface area contributed by atoms with Crippen LogP contribution in [0.25, 0.3) is 0 Å². The topological polar surface area (TPSA) is 74.0 Å². The summed E-state index contributed by atoms with van der Waals surface area (Å²) in [4.78, 5) is 28.3. The van der Waals surface area contributed by atoms with Crippen molar-refractivity contribution in [1.82, 2.24) is 9.80 Å². The van der Waals surface area contributed by atoms with E-state index in [2.05, 4.69) is 0 Å². The molecule has 2 fully saturated rings. The van der Waals surface area contributed by atoms with E-state index in [1.165, 1.54) is 0 Å². The van der Waals surface area contributed by atoms with Crippen LogP contribution in [0.1, 0.15) is 50.4 Å². The predicted molar refractivity (Wildman–Crippen MR) is 88.0 cm³/mol. The average molecular weight is 334 g/mol. The van der Waals surface area contributed by atoms with Gasteiger partial charge in [-0.2, -0.15) is 0 Å². The number of likely N-dealkylation sites (tertiary alicyclic amines) is 2. The van der Waals surface area contributed by atoms with E-state index >= 15 is 0 Å². The molecule has 0 saturated carbocycles. The van der Waals surface area contributed by atoms with Gasteiger partial charge < -0.3 is 19.3 Å². The molecule has 1 aromatic heterocycles. The van der Waals surface area contributed by atoms with Gasteiger partial charge in [-0.05, 0) is 25.0 Å². The fourth-order valence-corrected chi connectivity index (χ4v) is 3.83. The standard InChI is InChI=1S/C18H26N2O4/c1-19-12-13(10-17(19)22)18(23)20-8-4-2-3-6-14(20)11-15(21)16-7-5-9-24-16/h5,7,9,13-15,21H,2-4,6,8,10-12H2,1H3. The Morgan fingerprint density at radius 2 is 2.25 bits per heavy atom. The lowest BCUT2D eigenvalue weighted by Gasteiger charge is -2.33. The summed E-state index contributed by atoms with van der Waals surface area (Å²) in [6.45, 7) is 1.21. The summed E-state index contributed by atoms with van der Waals surface area (Å²) in [5, 5.41) is 10.4. The predicted octanol–water partition coefficient (Wildman–Crippen LogP) is 1.95. The van der Waals surface area contributed by atoms with Gasteiger partial charge in [0.1, 0.15) is 11.9 Å². The van der Waals surface area contributed by atoms with Crippen LogP contribution in [0.2, 0.25) is 0 Å². The van der Waals surface area contributed by atoms with Crippen LogP contribution in [0.15, 0.2) is 22.8 Å². The third-order valence-electron chi connectivity index (χ3n) is 5.22. The molecule has 2 amide bonds. The number of aliphatic hydroxyl groups excluding tert-OH is 1. The maximum Gasteiger partial charge on any atom is 0.228 e. The van der Waals surface area contributed by atoms with E-state index in [0.717, 1.165) is 25.7 Å². The van der Waals surface area contributed by atoms with E-state index in [1.54, 1.807) is 30.3 Å². The SMILES string of the molecule is CN1CC(C(=O)N2CCCCCC2CC(O)c2ccco2)CC1=O. The summed E-state index contributed by atoms with van der Waals surface area (Å²) in [6.07, 6.45) is 5.66. The smallest absolute Gasteiger partial charge is 0.228 e. The molecule has 2 saturated heterocycles. The van der Waals surface area contributed by atoms with Crippen molar-refractivity contribution in [1.29, 1.82) is 0 Å². The third-order valence-corrected chi connectivity index (χ3v) is 5.22. The Hall–Kier alpha value is -1.82. The third kappa shape index (κ3) is 3.64. The molecule has 3 unspecified atom stereocenters. The van der Waals surface area contributed by atoms with Gasteiger partial charge in [0.2, 0.25) is 11.8 Å². The van der Waals surface area contributed by atoms with Crippen LogP contribution in [0.3, 0.4) is 0 Å². The Morgan fingerprint density at radius 1 is 1.42 bits per heavy atom. The van der Waals surface area contributed by atoms with Crippen LogP contribution >= 0.6 is 0 Å². The molecule has 0 spiro atoms. The summed E-state index contributed by atoms with van der Waals surface area (Å²) in [5.41, 5.74) is 0. The zero-order valence-electron chi connectivity index (χ0n) is 14.2. The highest BCUT2D eigenvalue weighted by Crippen LogP contribution is 2.29. The second-order valence-corrected chi connectivity index (χ2v) is 6.98. The number of nitrogens with zero attached hydrogens (tertiary/aromatic N) is 2. The minimum Gasteiger partial charge on any atom is -0.467 e. The number of hydrogen-bond donors (Lipinski definition) is 1. The number of hydrogen-bond acceptors (Lipinski definition) is 4. The maximum atomic E-state index is 13.0.